The van der Waals surface area contributed by atoms with E-state index in [1.54, 1.807) is 40.1 Å². The smallest absolute Gasteiger partial charge is 0.416 e. The summed E-state index contributed by atoms with van der Waals surface area (Å²) in [5.41, 5.74) is 1.11. The third kappa shape index (κ3) is 3.95. The molecule has 3 atom stereocenters. The van der Waals surface area contributed by atoms with Gasteiger partial charge in [-0.15, -0.1) is 0 Å². The first kappa shape index (κ1) is 21.5. The summed E-state index contributed by atoms with van der Waals surface area (Å²) in [6.07, 6.45) is 4.68. The third-order valence-electron chi connectivity index (χ3n) is 6.62. The van der Waals surface area contributed by atoms with E-state index in [1.807, 2.05) is 0 Å². The molecule has 0 spiro atoms. The Morgan fingerprint density at radius 3 is 2.89 bits per heavy atom. The number of rotatable bonds is 5. The van der Waals surface area contributed by atoms with Crippen molar-refractivity contribution in [2.45, 2.75) is 44.0 Å². The highest BCUT2D eigenvalue weighted by atomic mass is 16.6. The lowest BCUT2D eigenvalue weighted by Gasteiger charge is -2.33. The summed E-state index contributed by atoms with van der Waals surface area (Å²) in [5, 5.41) is 6.17. The first-order chi connectivity index (χ1) is 17.1. The van der Waals surface area contributed by atoms with Gasteiger partial charge in [-0.1, -0.05) is 0 Å². The van der Waals surface area contributed by atoms with Crippen LogP contribution in [0.3, 0.4) is 0 Å². The molecule has 2 amide bonds. The second kappa shape index (κ2) is 8.62. The van der Waals surface area contributed by atoms with Gasteiger partial charge in [0, 0.05) is 44.0 Å². The minimum Gasteiger partial charge on any atom is -0.480 e. The topological polar surface area (TPSA) is 141 Å². The number of nitrogens with one attached hydrogen (secondary N) is 2. The Balaban J connectivity index is 1.10. The Morgan fingerprint density at radius 1 is 1.09 bits per heavy atom. The van der Waals surface area contributed by atoms with Gasteiger partial charge >= 0.3 is 6.09 Å². The van der Waals surface area contributed by atoms with Gasteiger partial charge in [-0.25, -0.2) is 14.8 Å². The first-order valence-electron chi connectivity index (χ1n) is 11.5. The lowest BCUT2D eigenvalue weighted by molar-refractivity contribution is -0.118. The van der Waals surface area contributed by atoms with Gasteiger partial charge in [-0.2, -0.15) is 0 Å². The molecule has 0 aromatic carbocycles. The monoisotopic (exact) mass is 477 g/mol. The van der Waals surface area contributed by atoms with Crippen molar-refractivity contribution < 1.29 is 19.1 Å². The fourth-order valence-corrected chi connectivity index (χ4v) is 5.00. The van der Waals surface area contributed by atoms with E-state index >= 15 is 0 Å². The summed E-state index contributed by atoms with van der Waals surface area (Å²) in [4.78, 5) is 51.2. The largest absolute Gasteiger partial charge is 0.480 e. The molecule has 3 aromatic rings. The molecule has 6 rings (SSSR count). The highest BCUT2D eigenvalue weighted by Gasteiger charge is 2.46. The number of ether oxygens (including phenoxy) is 2. The average Bonchev–Trinajstić information content (AvgIpc) is 3.19. The van der Waals surface area contributed by atoms with E-state index in [-0.39, 0.29) is 36.3 Å². The highest BCUT2D eigenvalue weighted by molar-refractivity contribution is 5.95. The molecular formula is C23H23N7O5. The van der Waals surface area contributed by atoms with Crippen molar-refractivity contribution in [3.05, 3.63) is 47.0 Å². The van der Waals surface area contributed by atoms with Crippen molar-refractivity contribution in [3.8, 4) is 5.75 Å². The molecule has 1 saturated heterocycles. The van der Waals surface area contributed by atoms with Gasteiger partial charge in [0.25, 0.3) is 11.5 Å². The zero-order chi connectivity index (χ0) is 23.9. The van der Waals surface area contributed by atoms with Crippen molar-refractivity contribution >= 4 is 34.8 Å². The Hall–Kier alpha value is -4.06. The minimum absolute atomic E-state index is 0.0542. The number of anilines is 2. The molecule has 0 unspecified atom stereocenters. The van der Waals surface area contributed by atoms with Crippen LogP contribution in [-0.2, 0) is 16.1 Å². The molecule has 0 bridgehead atoms. The zero-order valence-corrected chi connectivity index (χ0v) is 18.7. The second-order valence-corrected chi connectivity index (χ2v) is 8.77. The van der Waals surface area contributed by atoms with Crippen molar-refractivity contribution in [2.75, 3.05) is 23.4 Å². The highest BCUT2D eigenvalue weighted by Crippen LogP contribution is 2.37. The minimum atomic E-state index is -0.447. The van der Waals surface area contributed by atoms with E-state index in [0.29, 0.717) is 48.1 Å². The predicted octanol–water partition coefficient (Wildman–Crippen LogP) is 1.05. The van der Waals surface area contributed by atoms with E-state index in [1.165, 1.54) is 6.07 Å². The van der Waals surface area contributed by atoms with E-state index < -0.39 is 6.09 Å². The summed E-state index contributed by atoms with van der Waals surface area (Å²) >= 11 is 0. The molecule has 3 aliphatic rings. The Labute approximate surface area is 199 Å². The fraction of sp³-hybridized carbons (Fsp3) is 0.391. The molecule has 12 heteroatoms. The lowest BCUT2D eigenvalue weighted by Crippen LogP contribution is -2.46. The molecule has 35 heavy (non-hydrogen) atoms. The predicted molar refractivity (Wildman–Crippen MR) is 124 cm³/mol. The van der Waals surface area contributed by atoms with Crippen LogP contribution in [0.5, 0.6) is 5.75 Å². The number of hydrogen-bond acceptors (Lipinski definition) is 9. The zero-order valence-electron chi connectivity index (χ0n) is 18.7. The van der Waals surface area contributed by atoms with Crippen LogP contribution in [0.15, 0.2) is 41.5 Å². The maximum Gasteiger partial charge on any atom is 0.416 e. The molecule has 1 aliphatic carbocycles. The number of amides is 2. The van der Waals surface area contributed by atoms with Gasteiger partial charge in [0.05, 0.1) is 6.04 Å². The van der Waals surface area contributed by atoms with E-state index in [4.69, 9.17) is 9.47 Å². The number of nitrogens with zero attached hydrogens (tertiary/aromatic N) is 5. The van der Waals surface area contributed by atoms with Crippen molar-refractivity contribution in [1.29, 1.82) is 0 Å². The Bertz CT molecular complexity index is 1380. The van der Waals surface area contributed by atoms with Gasteiger partial charge in [0.15, 0.2) is 23.8 Å². The molecule has 3 aromatic heterocycles. The van der Waals surface area contributed by atoms with Crippen molar-refractivity contribution in [2.24, 2.45) is 0 Å². The Kier molecular flexibility index (Phi) is 5.29. The molecule has 0 radical (unpaired) electrons. The summed E-state index contributed by atoms with van der Waals surface area (Å²) in [7, 11) is 0. The molecular weight excluding hydrogens is 454 g/mol. The number of aromatic nitrogens is 4. The van der Waals surface area contributed by atoms with Crippen LogP contribution in [0.2, 0.25) is 0 Å². The Morgan fingerprint density at radius 2 is 1.97 bits per heavy atom. The fourth-order valence-electron chi connectivity index (χ4n) is 5.00. The standard InChI is InChI=1S/C23H23N7O5/c31-19-12-34-16-4-5-18(27-21(16)28-19)30-15-3-1-13(11-17(15)35-23(30)33)24-9-10-29-20(32)6-2-14-22(29)26-8-7-25-14/h2,4-8,13,15,17,24H,1,3,9-12H2,(H,27,28,31)/t13-,15-,17-/m0/s1. The van der Waals surface area contributed by atoms with Gasteiger partial charge in [0.2, 0.25) is 0 Å². The molecule has 5 heterocycles. The summed E-state index contributed by atoms with van der Waals surface area (Å²) in [5.74, 6) is 0.920. The van der Waals surface area contributed by atoms with Gasteiger partial charge in [-0.05, 0) is 31.0 Å². The lowest BCUT2D eigenvalue weighted by atomic mass is 9.88. The van der Waals surface area contributed by atoms with Crippen LogP contribution in [0.25, 0.3) is 11.2 Å². The molecule has 2 N–H and O–H groups in total. The average molecular weight is 477 g/mol. The quantitative estimate of drug-likeness (QED) is 0.552. The number of fused-ring (bicyclic) bond motifs is 3. The van der Waals surface area contributed by atoms with Crippen LogP contribution < -0.4 is 25.8 Å². The van der Waals surface area contributed by atoms with Crippen molar-refractivity contribution in [1.82, 2.24) is 24.8 Å². The maximum atomic E-state index is 12.7. The van der Waals surface area contributed by atoms with Crippen LogP contribution in [0.1, 0.15) is 19.3 Å². The van der Waals surface area contributed by atoms with Crippen LogP contribution in [0, 0.1) is 0 Å². The normalized spacial score (nSPS) is 23.3. The summed E-state index contributed by atoms with van der Waals surface area (Å²) in [6, 6.07) is 6.59. The molecule has 2 fully saturated rings. The number of pyridine rings is 2. The van der Waals surface area contributed by atoms with Crippen LogP contribution in [0.4, 0.5) is 16.4 Å². The maximum absolute atomic E-state index is 12.7. The van der Waals surface area contributed by atoms with Gasteiger partial charge in [0.1, 0.15) is 17.4 Å². The molecule has 2 aliphatic heterocycles. The first-order valence-corrected chi connectivity index (χ1v) is 11.5. The van der Waals surface area contributed by atoms with E-state index in [9.17, 15) is 14.4 Å². The molecule has 12 nitrogen and oxygen atoms in total. The van der Waals surface area contributed by atoms with Gasteiger partial charge in [-0.3, -0.25) is 24.0 Å². The molecule has 180 valence electrons. The number of carbonyl (C=O) groups is 2. The number of carbonyl (C=O) groups excluding carboxylic acids is 2. The van der Waals surface area contributed by atoms with E-state index in [2.05, 4.69) is 25.6 Å². The van der Waals surface area contributed by atoms with Crippen LogP contribution >= 0.6 is 0 Å². The molecule has 1 saturated carbocycles. The third-order valence-corrected chi connectivity index (χ3v) is 6.62. The summed E-state index contributed by atoms with van der Waals surface area (Å²) < 4.78 is 12.7. The van der Waals surface area contributed by atoms with E-state index in [0.717, 1.165) is 12.8 Å². The van der Waals surface area contributed by atoms with Crippen molar-refractivity contribution in [3.63, 3.8) is 0 Å². The van der Waals surface area contributed by atoms with Crippen LogP contribution in [-0.4, -0.2) is 62.9 Å². The van der Waals surface area contributed by atoms with Gasteiger partial charge < -0.3 is 20.1 Å². The summed E-state index contributed by atoms with van der Waals surface area (Å²) in [6.45, 7) is 0.973. The second-order valence-electron chi connectivity index (χ2n) is 8.77. The number of hydrogen-bond donors (Lipinski definition) is 2. The SMILES string of the molecule is O=C1COc2ccc(N3C(=O)O[C@H]4C[C@@H](NCCn5c(=O)ccc6nccnc65)CC[C@@H]43)nc2N1.